The Labute approximate surface area is 122 Å². The van der Waals surface area contributed by atoms with Crippen LogP contribution in [-0.2, 0) is 6.54 Å². The fraction of sp³-hybridized carbons (Fsp3) is 0.647. The molecule has 0 atom stereocenters. The predicted octanol–water partition coefficient (Wildman–Crippen LogP) is 5.04. The average Bonchev–Trinajstić information content (AvgIpc) is 2.79. The fourth-order valence-electron chi connectivity index (χ4n) is 3.55. The predicted molar refractivity (Wildman–Crippen MR) is 83.5 cm³/mol. The lowest BCUT2D eigenvalue weighted by atomic mass is 9.78. The number of hydrogen-bond acceptors (Lipinski definition) is 1. The van der Waals surface area contributed by atoms with Crippen LogP contribution < -0.4 is 5.32 Å². The van der Waals surface area contributed by atoms with Gasteiger partial charge >= 0.3 is 0 Å². The lowest BCUT2D eigenvalue weighted by Crippen LogP contribution is -2.33. The number of hydrogen-bond donors (Lipinski definition) is 1. The molecule has 106 valence electrons. The summed E-state index contributed by atoms with van der Waals surface area (Å²) in [5, 5.41) is 4.52. The standard InChI is InChI=1S/C17H26ClN/c1-14(2)11-17(9-5-6-10-17)13-19-12-15-7-3-4-8-16(15)18/h3-4,7-8,14,19H,5-6,9-13H2,1-2H3. The minimum atomic E-state index is 0.537. The Bertz CT molecular complexity index is 394. The van der Waals surface area contributed by atoms with E-state index in [-0.39, 0.29) is 0 Å². The molecule has 1 nitrogen and oxygen atoms in total. The van der Waals surface area contributed by atoms with Crippen molar-refractivity contribution in [3.05, 3.63) is 34.9 Å². The normalized spacial score (nSPS) is 18.1. The molecular formula is C17H26ClN. The van der Waals surface area contributed by atoms with Crippen LogP contribution in [0.5, 0.6) is 0 Å². The highest BCUT2D eigenvalue weighted by molar-refractivity contribution is 6.31. The molecular weight excluding hydrogens is 254 g/mol. The minimum absolute atomic E-state index is 0.537. The summed E-state index contributed by atoms with van der Waals surface area (Å²) in [6.45, 7) is 6.71. The second kappa shape index (κ2) is 6.76. The van der Waals surface area contributed by atoms with E-state index in [4.69, 9.17) is 11.6 Å². The first-order valence-electron chi connectivity index (χ1n) is 7.55. The summed E-state index contributed by atoms with van der Waals surface area (Å²) in [7, 11) is 0. The molecule has 0 aliphatic heterocycles. The summed E-state index contributed by atoms with van der Waals surface area (Å²) in [6.07, 6.45) is 6.94. The van der Waals surface area contributed by atoms with E-state index in [0.29, 0.717) is 5.41 Å². The van der Waals surface area contributed by atoms with E-state index in [1.165, 1.54) is 37.7 Å². The summed E-state index contributed by atoms with van der Waals surface area (Å²) >= 11 is 6.20. The third kappa shape index (κ3) is 4.22. The number of rotatable bonds is 6. The van der Waals surface area contributed by atoms with Gasteiger partial charge in [0.1, 0.15) is 0 Å². The van der Waals surface area contributed by atoms with Gasteiger partial charge in [0.05, 0.1) is 0 Å². The highest BCUT2D eigenvalue weighted by Crippen LogP contribution is 2.42. The van der Waals surface area contributed by atoms with E-state index < -0.39 is 0 Å². The Morgan fingerprint density at radius 2 is 1.89 bits per heavy atom. The Kier molecular flexibility index (Phi) is 5.29. The molecule has 1 aliphatic rings. The van der Waals surface area contributed by atoms with Crippen LogP contribution in [0, 0.1) is 11.3 Å². The Hall–Kier alpha value is -0.530. The molecule has 1 aromatic rings. The molecule has 0 unspecified atom stereocenters. The van der Waals surface area contributed by atoms with Gasteiger partial charge in [-0.15, -0.1) is 0 Å². The van der Waals surface area contributed by atoms with Crippen molar-refractivity contribution in [2.75, 3.05) is 6.54 Å². The first-order chi connectivity index (χ1) is 9.11. The van der Waals surface area contributed by atoms with Crippen LogP contribution >= 0.6 is 11.6 Å². The fourth-order valence-corrected chi connectivity index (χ4v) is 3.75. The van der Waals surface area contributed by atoms with Gasteiger partial charge in [0.15, 0.2) is 0 Å². The van der Waals surface area contributed by atoms with E-state index >= 15 is 0 Å². The van der Waals surface area contributed by atoms with Crippen LogP contribution in [0.4, 0.5) is 0 Å². The van der Waals surface area contributed by atoms with E-state index in [1.54, 1.807) is 0 Å². The third-order valence-corrected chi connectivity index (χ3v) is 4.65. The Morgan fingerprint density at radius 1 is 1.21 bits per heavy atom. The number of halogens is 1. The van der Waals surface area contributed by atoms with Crippen LogP contribution in [0.1, 0.15) is 51.5 Å². The lowest BCUT2D eigenvalue weighted by Gasteiger charge is -2.31. The van der Waals surface area contributed by atoms with Crippen molar-refractivity contribution in [2.45, 2.75) is 52.5 Å². The highest BCUT2D eigenvalue weighted by atomic mass is 35.5. The van der Waals surface area contributed by atoms with Gasteiger partial charge in [-0.25, -0.2) is 0 Å². The molecule has 0 bridgehead atoms. The van der Waals surface area contributed by atoms with Crippen molar-refractivity contribution in [2.24, 2.45) is 11.3 Å². The highest BCUT2D eigenvalue weighted by Gasteiger charge is 2.33. The molecule has 19 heavy (non-hydrogen) atoms. The SMILES string of the molecule is CC(C)CC1(CNCc2ccccc2Cl)CCCC1. The van der Waals surface area contributed by atoms with Crippen molar-refractivity contribution >= 4 is 11.6 Å². The topological polar surface area (TPSA) is 12.0 Å². The van der Waals surface area contributed by atoms with Gasteiger partial charge in [0, 0.05) is 18.1 Å². The molecule has 0 heterocycles. The van der Waals surface area contributed by atoms with Gasteiger partial charge in [0.25, 0.3) is 0 Å². The summed E-state index contributed by atoms with van der Waals surface area (Å²) < 4.78 is 0. The molecule has 1 aromatic carbocycles. The average molecular weight is 280 g/mol. The zero-order valence-corrected chi connectivity index (χ0v) is 13.0. The van der Waals surface area contributed by atoms with Crippen LogP contribution in [0.3, 0.4) is 0 Å². The number of benzene rings is 1. The smallest absolute Gasteiger partial charge is 0.0450 e. The first kappa shape index (κ1) is 14.9. The van der Waals surface area contributed by atoms with Crippen molar-refractivity contribution in [3.8, 4) is 0 Å². The van der Waals surface area contributed by atoms with Crippen LogP contribution in [0.25, 0.3) is 0 Å². The van der Waals surface area contributed by atoms with Crippen LogP contribution in [0.15, 0.2) is 24.3 Å². The van der Waals surface area contributed by atoms with Gasteiger partial charge in [-0.1, -0.05) is 56.5 Å². The summed E-state index contributed by atoms with van der Waals surface area (Å²) in [6, 6.07) is 8.13. The third-order valence-electron chi connectivity index (χ3n) is 4.28. The zero-order valence-electron chi connectivity index (χ0n) is 12.2. The second-order valence-electron chi connectivity index (χ2n) is 6.50. The van der Waals surface area contributed by atoms with Crippen molar-refractivity contribution in [1.29, 1.82) is 0 Å². The van der Waals surface area contributed by atoms with Gasteiger partial charge in [-0.2, -0.15) is 0 Å². The van der Waals surface area contributed by atoms with Gasteiger partial charge < -0.3 is 5.32 Å². The molecule has 1 N–H and O–H groups in total. The number of nitrogens with one attached hydrogen (secondary N) is 1. The maximum absolute atomic E-state index is 6.20. The molecule has 1 fully saturated rings. The van der Waals surface area contributed by atoms with Crippen LogP contribution in [0.2, 0.25) is 5.02 Å². The van der Waals surface area contributed by atoms with E-state index in [1.807, 2.05) is 12.1 Å². The lowest BCUT2D eigenvalue weighted by molar-refractivity contribution is 0.223. The van der Waals surface area contributed by atoms with Crippen LogP contribution in [-0.4, -0.2) is 6.54 Å². The van der Waals surface area contributed by atoms with Crippen molar-refractivity contribution < 1.29 is 0 Å². The Balaban J connectivity index is 1.88. The quantitative estimate of drug-likeness (QED) is 0.769. The molecule has 2 rings (SSSR count). The minimum Gasteiger partial charge on any atom is -0.312 e. The summed E-state index contributed by atoms with van der Waals surface area (Å²) in [4.78, 5) is 0. The van der Waals surface area contributed by atoms with Crippen molar-refractivity contribution in [3.63, 3.8) is 0 Å². The summed E-state index contributed by atoms with van der Waals surface area (Å²) in [5.41, 5.74) is 1.75. The molecule has 1 aliphatic carbocycles. The molecule has 0 amide bonds. The van der Waals surface area contributed by atoms with E-state index in [9.17, 15) is 0 Å². The van der Waals surface area contributed by atoms with Crippen molar-refractivity contribution in [1.82, 2.24) is 5.32 Å². The maximum atomic E-state index is 6.20. The summed E-state index contributed by atoms with van der Waals surface area (Å²) in [5.74, 6) is 0.792. The molecule has 2 heteroatoms. The molecule has 0 spiro atoms. The molecule has 0 radical (unpaired) electrons. The van der Waals surface area contributed by atoms with E-state index in [0.717, 1.165) is 24.0 Å². The Morgan fingerprint density at radius 3 is 2.53 bits per heavy atom. The maximum Gasteiger partial charge on any atom is 0.0450 e. The second-order valence-corrected chi connectivity index (χ2v) is 6.91. The first-order valence-corrected chi connectivity index (χ1v) is 7.93. The zero-order chi connectivity index (χ0) is 13.7. The molecule has 0 aromatic heterocycles. The van der Waals surface area contributed by atoms with Gasteiger partial charge in [-0.3, -0.25) is 0 Å². The van der Waals surface area contributed by atoms with E-state index in [2.05, 4.69) is 31.3 Å². The monoisotopic (exact) mass is 279 g/mol. The molecule has 0 saturated heterocycles. The van der Waals surface area contributed by atoms with Gasteiger partial charge in [0.2, 0.25) is 0 Å². The largest absolute Gasteiger partial charge is 0.312 e. The molecule has 1 saturated carbocycles. The van der Waals surface area contributed by atoms with Gasteiger partial charge in [-0.05, 0) is 42.2 Å².